The van der Waals surface area contributed by atoms with Gasteiger partial charge in [0.1, 0.15) is 48.1 Å². The van der Waals surface area contributed by atoms with Crippen LogP contribution in [0.2, 0.25) is 0 Å². The number of aromatic nitrogens is 8. The maximum absolute atomic E-state index is 16.1. The van der Waals surface area contributed by atoms with Crippen LogP contribution in [0, 0.1) is 0 Å². The molecule has 0 spiro atoms. The number of nitrogens with zero attached hydrogens (tertiary/aromatic N) is 8. The summed E-state index contributed by atoms with van der Waals surface area (Å²) in [5, 5.41) is 0. The van der Waals surface area contributed by atoms with Crippen LogP contribution in [0.15, 0.2) is 25.3 Å². The number of fused-ring (bicyclic) bond motifs is 4. The van der Waals surface area contributed by atoms with Gasteiger partial charge in [-0.25, -0.2) is 47.8 Å². The van der Waals surface area contributed by atoms with Crippen molar-refractivity contribution in [2.75, 3.05) is 18.1 Å². The molecule has 0 unspecified atom stereocenters. The van der Waals surface area contributed by atoms with Gasteiger partial charge in [-0.15, -0.1) is 0 Å². The summed E-state index contributed by atoms with van der Waals surface area (Å²) in [5.74, 6) is 0.0984. The Labute approximate surface area is 261 Å². The summed E-state index contributed by atoms with van der Waals surface area (Å²) < 4.78 is 95.6. The van der Waals surface area contributed by atoms with Gasteiger partial charge >= 0.3 is 13.6 Å². The summed E-state index contributed by atoms with van der Waals surface area (Å²) in [6.45, 7) is -8.14. The van der Waals surface area contributed by atoms with E-state index in [1.54, 1.807) is 0 Å². The fraction of sp³-hybridized carbons (Fsp3) is 0.524. The topological polar surface area (TPSA) is 229 Å². The standard InChI is InChI=1S/C21H24F2N10O8P2S2/c1-7-13-15(10(23)21(38-13)33-6-31-12-17(25)27-4-29-19(12)33)41-42(34,44)36-2-8-14(40-43(35,45)39-7)9(22)20(37-8)32-5-30-11-16(24)26-3-28-18(11)32/h3-10,13-15,20-21H,2H2,1H3,(H,34,44)(H,35,45)(H2,24,26,28)(H2,25,27,29)/t7-,8-,9-,10-,13-,14-,15+,20-,21-,42-,43-/m1/s1. The highest BCUT2D eigenvalue weighted by molar-refractivity contribution is 8.44. The largest absolute Gasteiger partial charge is 0.386 e. The molecule has 3 fully saturated rings. The van der Waals surface area contributed by atoms with Gasteiger partial charge < -0.3 is 20.9 Å². The van der Waals surface area contributed by atoms with Gasteiger partial charge in [-0.2, -0.15) is 0 Å². The third-order valence-corrected chi connectivity index (χ3v) is 10.8. The normalized spacial score (nSPS) is 39.4. The van der Waals surface area contributed by atoms with Crippen molar-refractivity contribution in [1.29, 1.82) is 0 Å². The number of nitrogens with two attached hydrogens (primary N) is 2. The molecule has 4 aromatic heterocycles. The number of ether oxygens (including phenoxy) is 2. The minimum absolute atomic E-state index is 0.0489. The van der Waals surface area contributed by atoms with Crippen molar-refractivity contribution in [3.05, 3.63) is 25.3 Å². The zero-order valence-corrected chi connectivity index (χ0v) is 26.3. The highest BCUT2D eigenvalue weighted by Crippen LogP contribution is 2.61. The van der Waals surface area contributed by atoms with Gasteiger partial charge in [-0.3, -0.25) is 27.2 Å². The first-order chi connectivity index (χ1) is 21.3. The summed E-state index contributed by atoms with van der Waals surface area (Å²) >= 11 is 8.07. The second kappa shape index (κ2) is 11.3. The smallest absolute Gasteiger partial charge is 0.382 e. The highest BCUT2D eigenvalue weighted by Gasteiger charge is 2.56. The van der Waals surface area contributed by atoms with Crippen LogP contribution in [-0.2, 0) is 36.7 Å². The van der Waals surface area contributed by atoms with Crippen LogP contribution in [0.25, 0.3) is 22.3 Å². The Morgan fingerprint density at radius 1 is 0.778 bits per heavy atom. The maximum Gasteiger partial charge on any atom is 0.386 e. The molecule has 45 heavy (non-hydrogen) atoms. The molecule has 3 aliphatic rings. The molecule has 11 atom stereocenters. The van der Waals surface area contributed by atoms with Crippen molar-refractivity contribution in [2.24, 2.45) is 0 Å². The summed E-state index contributed by atoms with van der Waals surface area (Å²) in [5.41, 5.74) is 12.4. The van der Waals surface area contributed by atoms with Crippen molar-refractivity contribution in [1.82, 2.24) is 39.0 Å². The van der Waals surface area contributed by atoms with Crippen LogP contribution in [-0.4, -0.2) is 88.5 Å². The number of nitrogen functional groups attached to an aromatic ring is 2. The molecule has 0 aliphatic carbocycles. The summed E-state index contributed by atoms with van der Waals surface area (Å²) in [4.78, 5) is 24.1. The number of hydrogen-bond donors (Lipinski definition) is 4. The third kappa shape index (κ3) is 5.49. The monoisotopic (exact) mass is 708 g/mol. The zero-order chi connectivity index (χ0) is 31.8. The Hall–Kier alpha value is -2.52. The van der Waals surface area contributed by atoms with Crippen molar-refractivity contribution < 1.29 is 45.5 Å². The fourth-order valence-electron chi connectivity index (χ4n) is 5.46. The van der Waals surface area contributed by atoms with Gasteiger partial charge in [0.15, 0.2) is 47.7 Å². The van der Waals surface area contributed by atoms with Crippen molar-refractivity contribution in [3.63, 3.8) is 0 Å². The number of halogens is 2. The Morgan fingerprint density at radius 2 is 1.31 bits per heavy atom. The van der Waals surface area contributed by atoms with Gasteiger partial charge in [0.2, 0.25) is 0 Å². The lowest BCUT2D eigenvalue weighted by atomic mass is 10.1. The second-order valence-corrected chi connectivity index (χ2v) is 16.0. The lowest BCUT2D eigenvalue weighted by Crippen LogP contribution is -2.40. The van der Waals surface area contributed by atoms with E-state index in [4.69, 9.17) is 39.0 Å². The first-order valence-corrected chi connectivity index (χ1v) is 18.5. The molecule has 0 saturated carbocycles. The SMILES string of the molecule is C[C@H]1O[P@@](=O)(S)O[C@H]2[C@@H](F)[C@H](n3cnc4c(N)ncnc43)O[C@@H]2CO[P@@](=O)(S)O[C@H]2[C@@H](F)[C@H](n3cnc4c(N)ncnc43)O[C@@H]21. The summed E-state index contributed by atoms with van der Waals surface area (Å²) in [6.07, 6.45) is -9.53. The zero-order valence-electron chi connectivity index (χ0n) is 22.8. The maximum atomic E-state index is 16.1. The molecule has 7 rings (SSSR count). The number of hydrogen-bond acceptors (Lipinski definition) is 16. The van der Waals surface area contributed by atoms with Crippen LogP contribution >= 0.6 is 38.1 Å². The molecule has 242 valence electrons. The van der Waals surface area contributed by atoms with Crippen LogP contribution < -0.4 is 11.5 Å². The van der Waals surface area contributed by atoms with Gasteiger partial charge in [0.25, 0.3) is 0 Å². The van der Waals surface area contributed by atoms with Gasteiger partial charge in [0.05, 0.1) is 25.4 Å². The molecule has 0 radical (unpaired) electrons. The van der Waals surface area contributed by atoms with Crippen LogP contribution in [0.3, 0.4) is 0 Å². The quantitative estimate of drug-likeness (QED) is 0.173. The molecule has 24 heteroatoms. The van der Waals surface area contributed by atoms with Crippen LogP contribution in [0.1, 0.15) is 19.4 Å². The van der Waals surface area contributed by atoms with Crippen molar-refractivity contribution in [3.8, 4) is 0 Å². The number of imidazole rings is 2. The first kappa shape index (κ1) is 31.1. The Bertz CT molecular complexity index is 1870. The van der Waals surface area contributed by atoms with E-state index in [0.717, 1.165) is 12.7 Å². The Morgan fingerprint density at radius 3 is 1.91 bits per heavy atom. The van der Waals surface area contributed by atoms with E-state index < -0.39 is 75.5 Å². The molecule has 3 aliphatic heterocycles. The number of rotatable bonds is 2. The molecular formula is C21H24F2N10O8P2S2. The average Bonchev–Trinajstić information content (AvgIpc) is 3.73. The number of thiol groups is 2. The molecular weight excluding hydrogens is 684 g/mol. The van der Waals surface area contributed by atoms with Gasteiger partial charge in [-0.05, 0) is 6.92 Å². The molecule has 3 saturated heterocycles. The predicted octanol–water partition coefficient (Wildman–Crippen LogP) is 2.58. The van der Waals surface area contributed by atoms with Crippen molar-refractivity contribution >= 4 is 72.1 Å². The summed E-state index contributed by atoms with van der Waals surface area (Å²) in [7, 11) is 0. The van der Waals surface area contributed by atoms with Gasteiger partial charge in [-0.1, -0.05) is 24.5 Å². The second-order valence-electron chi connectivity index (χ2n) is 10.3. The molecule has 18 nitrogen and oxygen atoms in total. The van der Waals surface area contributed by atoms with E-state index in [1.807, 2.05) is 0 Å². The van der Waals surface area contributed by atoms with Gasteiger partial charge in [0, 0.05) is 0 Å². The lowest BCUT2D eigenvalue weighted by Gasteiger charge is -2.31. The van der Waals surface area contributed by atoms with E-state index >= 15 is 8.78 Å². The molecule has 0 bridgehead atoms. The third-order valence-electron chi connectivity index (χ3n) is 7.47. The van der Waals surface area contributed by atoms with E-state index in [2.05, 4.69) is 54.4 Å². The molecule has 7 heterocycles. The lowest BCUT2D eigenvalue weighted by molar-refractivity contribution is -0.0756. The average molecular weight is 709 g/mol. The van der Waals surface area contributed by atoms with E-state index in [-0.39, 0.29) is 34.0 Å². The van der Waals surface area contributed by atoms with E-state index in [0.29, 0.717) is 0 Å². The fourth-order valence-corrected chi connectivity index (χ4v) is 8.85. The van der Waals surface area contributed by atoms with Crippen LogP contribution in [0.4, 0.5) is 20.4 Å². The van der Waals surface area contributed by atoms with E-state index in [1.165, 1.54) is 28.7 Å². The molecule has 0 amide bonds. The van der Waals surface area contributed by atoms with E-state index in [9.17, 15) is 9.13 Å². The van der Waals surface area contributed by atoms with Crippen molar-refractivity contribution in [2.45, 2.75) is 62.2 Å². The highest BCUT2D eigenvalue weighted by atomic mass is 32.7. The minimum atomic E-state index is -4.44. The molecule has 4 N–H and O–H groups in total. The number of alkyl halides is 2. The Kier molecular flexibility index (Phi) is 7.82. The molecule has 4 aromatic rings. The van der Waals surface area contributed by atoms with Crippen LogP contribution in [0.5, 0.6) is 0 Å². The minimum Gasteiger partial charge on any atom is -0.382 e. The Balaban J connectivity index is 1.19. The first-order valence-electron chi connectivity index (χ1n) is 13.1. The summed E-state index contributed by atoms with van der Waals surface area (Å²) in [6, 6.07) is 0. The molecule has 0 aromatic carbocycles. The number of anilines is 2. The predicted molar refractivity (Wildman–Crippen MR) is 157 cm³/mol.